The predicted octanol–water partition coefficient (Wildman–Crippen LogP) is 8.66. The standard InChI is InChI=1S/C41H23N7O2.Pd.Pt/c1-3-17-43-37(11-1)28-7-5-9-31(21-28)49-33-13-15-35-36-16-14-34(50-32-10-6-8-29(22-32)38-12-2-4-18-44-38)24-40(36)48(39(35)23-33)41-45-25-30(26-46-41)47-20-19-42-27-47;;/h1-20,25-27H;;/q-4;2*+2. The fraction of sp³-hybridized carbons (Fsp3) is 0. The molecular formula is C41H23N7O2PdPt. The number of hydrogen-bond acceptors (Lipinski definition) is 7. The maximum atomic E-state index is 6.31. The Morgan fingerprint density at radius 2 is 1.06 bits per heavy atom. The van der Waals surface area contributed by atoms with Gasteiger partial charge in [0.15, 0.2) is 0 Å². The summed E-state index contributed by atoms with van der Waals surface area (Å²) in [6.07, 6.45) is 12.3. The molecule has 4 aromatic carbocycles. The zero-order valence-corrected chi connectivity index (χ0v) is 30.7. The molecule has 5 heterocycles. The number of benzene rings is 4. The summed E-state index contributed by atoms with van der Waals surface area (Å²) >= 11 is 0. The third-order valence-corrected chi connectivity index (χ3v) is 8.02. The van der Waals surface area contributed by atoms with Crippen LogP contribution in [0, 0.1) is 24.3 Å². The van der Waals surface area contributed by atoms with Crippen molar-refractivity contribution in [3.8, 4) is 57.1 Å². The number of imidazole rings is 1. The molecular weight excluding hydrogens is 924 g/mol. The number of ether oxygens (including phenoxy) is 2. The zero-order chi connectivity index (χ0) is 33.3. The second-order valence-electron chi connectivity index (χ2n) is 11.2. The van der Waals surface area contributed by atoms with Crippen LogP contribution in [-0.2, 0) is 41.5 Å². The summed E-state index contributed by atoms with van der Waals surface area (Å²) in [5, 5.41) is 1.85. The average Bonchev–Trinajstić information content (AvgIpc) is 3.83. The second-order valence-corrected chi connectivity index (χ2v) is 11.2. The van der Waals surface area contributed by atoms with Crippen molar-refractivity contribution in [1.29, 1.82) is 0 Å². The largest absolute Gasteiger partial charge is 2.00 e. The van der Waals surface area contributed by atoms with Crippen molar-refractivity contribution >= 4 is 21.8 Å². The van der Waals surface area contributed by atoms with Crippen molar-refractivity contribution in [1.82, 2.24) is 34.1 Å². The molecule has 0 fully saturated rings. The molecule has 0 radical (unpaired) electrons. The van der Waals surface area contributed by atoms with Crippen molar-refractivity contribution in [2.24, 2.45) is 0 Å². The topological polar surface area (TPSA) is 92.8 Å². The van der Waals surface area contributed by atoms with Crippen molar-refractivity contribution in [3.63, 3.8) is 0 Å². The summed E-state index contributed by atoms with van der Waals surface area (Å²) < 4.78 is 16.4. The van der Waals surface area contributed by atoms with Gasteiger partial charge in [0.1, 0.15) is 0 Å². The summed E-state index contributed by atoms with van der Waals surface area (Å²) in [5.41, 5.74) is 5.48. The van der Waals surface area contributed by atoms with Gasteiger partial charge in [-0.05, 0) is 23.5 Å². The fourth-order valence-electron chi connectivity index (χ4n) is 5.72. The first-order valence-corrected chi connectivity index (χ1v) is 15.7. The van der Waals surface area contributed by atoms with Crippen molar-refractivity contribution < 1.29 is 51.0 Å². The van der Waals surface area contributed by atoms with E-state index in [2.05, 4.69) is 39.2 Å². The molecule has 254 valence electrons. The van der Waals surface area contributed by atoms with Crippen LogP contribution in [0.4, 0.5) is 0 Å². The number of hydrogen-bond donors (Lipinski definition) is 0. The first-order valence-electron chi connectivity index (χ1n) is 15.7. The number of fused-ring (bicyclic) bond motifs is 3. The minimum absolute atomic E-state index is 0. The fourth-order valence-corrected chi connectivity index (χ4v) is 5.72. The van der Waals surface area contributed by atoms with Gasteiger partial charge in [-0.15, -0.1) is 71.8 Å². The van der Waals surface area contributed by atoms with Crippen LogP contribution in [0.15, 0.2) is 141 Å². The van der Waals surface area contributed by atoms with Crippen LogP contribution < -0.4 is 9.47 Å². The number of rotatable bonds is 8. The van der Waals surface area contributed by atoms with Crippen LogP contribution in [0.5, 0.6) is 23.0 Å². The summed E-state index contributed by atoms with van der Waals surface area (Å²) in [7, 11) is 0. The Kier molecular flexibility index (Phi) is 10.1. The summed E-state index contributed by atoms with van der Waals surface area (Å²) in [6.45, 7) is 0. The van der Waals surface area contributed by atoms with E-state index in [1.54, 1.807) is 37.3 Å². The van der Waals surface area contributed by atoms with Gasteiger partial charge in [0, 0.05) is 47.8 Å². The third-order valence-electron chi connectivity index (χ3n) is 8.02. The van der Waals surface area contributed by atoms with E-state index in [-0.39, 0.29) is 41.5 Å². The molecule has 0 amide bonds. The first kappa shape index (κ1) is 34.7. The Morgan fingerprint density at radius 1 is 0.519 bits per heavy atom. The minimum Gasteiger partial charge on any atom is -0.503 e. The molecule has 52 heavy (non-hydrogen) atoms. The van der Waals surface area contributed by atoms with Crippen molar-refractivity contribution in [2.45, 2.75) is 0 Å². The Morgan fingerprint density at radius 3 is 1.54 bits per heavy atom. The molecule has 0 spiro atoms. The van der Waals surface area contributed by atoms with Crippen LogP contribution >= 0.6 is 0 Å². The van der Waals surface area contributed by atoms with E-state index >= 15 is 0 Å². The Bertz CT molecular complexity index is 2460. The van der Waals surface area contributed by atoms with Gasteiger partial charge in [-0.3, -0.25) is 0 Å². The Balaban J connectivity index is 0.00000210. The molecule has 0 bridgehead atoms. The van der Waals surface area contributed by atoms with E-state index in [9.17, 15) is 0 Å². The van der Waals surface area contributed by atoms with Gasteiger partial charge in [-0.2, -0.15) is 22.9 Å². The summed E-state index contributed by atoms with van der Waals surface area (Å²) in [4.78, 5) is 22.5. The minimum atomic E-state index is 0. The van der Waals surface area contributed by atoms with E-state index in [4.69, 9.17) is 19.4 Å². The molecule has 5 aromatic heterocycles. The van der Waals surface area contributed by atoms with E-state index < -0.39 is 0 Å². The molecule has 9 rings (SSSR count). The second kappa shape index (κ2) is 15.2. The average molecular weight is 947 g/mol. The van der Waals surface area contributed by atoms with Crippen molar-refractivity contribution in [3.05, 3.63) is 165 Å². The molecule has 0 aliphatic carbocycles. The first-order chi connectivity index (χ1) is 24.7. The van der Waals surface area contributed by atoms with Gasteiger partial charge < -0.3 is 28.6 Å². The molecule has 9 nitrogen and oxygen atoms in total. The molecule has 11 heteroatoms. The monoisotopic (exact) mass is 946 g/mol. The quantitative estimate of drug-likeness (QED) is 0.111. The zero-order valence-electron chi connectivity index (χ0n) is 26.9. The SMILES string of the molecule is [Pd+2].[Pt+2].[c-]1c(Oc2[c-]c3c(cc2)c2ccc(Oc4[c-]c(-c5ccccn5)ccc4)[c-]c2n3-c2ncc(-n3ccnc3)cn2)cccc1-c1ccccn1. The van der Waals surface area contributed by atoms with Crippen LogP contribution in [-0.4, -0.2) is 34.1 Å². The maximum absolute atomic E-state index is 6.31. The van der Waals surface area contributed by atoms with E-state index in [0.29, 0.717) is 40.0 Å². The van der Waals surface area contributed by atoms with Gasteiger partial charge in [-0.25, -0.2) is 15.0 Å². The van der Waals surface area contributed by atoms with E-state index in [0.717, 1.165) is 39.0 Å². The third kappa shape index (κ3) is 6.92. The molecule has 0 saturated carbocycles. The molecule has 0 atom stereocenters. The normalized spacial score (nSPS) is 10.8. The van der Waals surface area contributed by atoms with Gasteiger partial charge >= 0.3 is 41.5 Å². The Labute approximate surface area is 326 Å². The Hall–Kier alpha value is -5.78. The van der Waals surface area contributed by atoms with E-state index in [1.165, 1.54) is 0 Å². The van der Waals surface area contributed by atoms with Gasteiger partial charge in [0.2, 0.25) is 5.95 Å². The molecule has 0 N–H and O–H groups in total. The van der Waals surface area contributed by atoms with Crippen LogP contribution in [0.1, 0.15) is 0 Å². The van der Waals surface area contributed by atoms with E-state index in [1.807, 2.05) is 112 Å². The number of nitrogens with zero attached hydrogens (tertiary/aromatic N) is 7. The number of pyridine rings is 2. The molecule has 0 aliphatic heterocycles. The summed E-state index contributed by atoms with van der Waals surface area (Å²) in [5.74, 6) is 2.52. The van der Waals surface area contributed by atoms with Gasteiger partial charge in [0.05, 0.1) is 24.4 Å². The molecule has 0 unspecified atom stereocenters. The summed E-state index contributed by atoms with van der Waals surface area (Å²) in [6, 6.07) is 44.3. The van der Waals surface area contributed by atoms with Crippen molar-refractivity contribution in [2.75, 3.05) is 0 Å². The van der Waals surface area contributed by atoms with Crippen LogP contribution in [0.2, 0.25) is 0 Å². The van der Waals surface area contributed by atoms with Gasteiger partial charge in [0.25, 0.3) is 0 Å². The maximum Gasteiger partial charge on any atom is 2.00 e. The molecule has 9 aromatic rings. The predicted molar refractivity (Wildman–Crippen MR) is 188 cm³/mol. The smallest absolute Gasteiger partial charge is 0.503 e. The molecule has 0 aliphatic rings. The van der Waals surface area contributed by atoms with Crippen LogP contribution in [0.25, 0.3) is 56.0 Å². The number of aromatic nitrogens is 7. The molecule has 0 saturated heterocycles. The van der Waals surface area contributed by atoms with Crippen LogP contribution in [0.3, 0.4) is 0 Å². The van der Waals surface area contributed by atoms with Gasteiger partial charge in [-0.1, -0.05) is 47.4 Å².